The van der Waals surface area contributed by atoms with Gasteiger partial charge in [-0.15, -0.1) is 0 Å². The van der Waals surface area contributed by atoms with Crippen LogP contribution in [0.25, 0.3) is 17.0 Å². The number of imidazole rings is 1. The number of halogens is 2. The lowest BCUT2D eigenvalue weighted by molar-refractivity contribution is 0.0738. The molecule has 0 radical (unpaired) electrons. The standard InChI is InChI=1S/C27H29Cl2N3O4S/c1-25(2,34)23-16-32(24(31-23)20-10-7-11-22(28)21(20)15-30)26(17-33)13-12-19(18-8-5-4-6-9-18)14-27(26,29)37(3,35)36/h4-14,16,33-34H,15,17,30H2,1-3H3. The smallest absolute Gasteiger partial charge is 0.193 e. The van der Waals surface area contributed by atoms with Crippen LogP contribution in [-0.2, 0) is 27.5 Å². The number of aliphatic hydroxyl groups is 2. The van der Waals surface area contributed by atoms with Crippen LogP contribution in [0.1, 0.15) is 30.7 Å². The topological polar surface area (TPSA) is 118 Å². The van der Waals surface area contributed by atoms with E-state index in [1.807, 2.05) is 30.3 Å². The summed E-state index contributed by atoms with van der Waals surface area (Å²) >= 11 is 13.5. The molecule has 2 unspecified atom stereocenters. The van der Waals surface area contributed by atoms with Crippen molar-refractivity contribution in [3.63, 3.8) is 0 Å². The van der Waals surface area contributed by atoms with Gasteiger partial charge in [0, 0.05) is 29.6 Å². The molecule has 0 fully saturated rings. The summed E-state index contributed by atoms with van der Waals surface area (Å²) in [5, 5.41) is 22.1. The fraction of sp³-hybridized carbons (Fsp3) is 0.296. The molecule has 7 nitrogen and oxygen atoms in total. The Hall–Kier alpha value is -2.46. The summed E-state index contributed by atoms with van der Waals surface area (Å²) in [5.41, 5.74) is 5.59. The molecular formula is C27H29Cl2N3O4S. The van der Waals surface area contributed by atoms with Crippen LogP contribution in [0.5, 0.6) is 0 Å². The molecule has 2 atom stereocenters. The van der Waals surface area contributed by atoms with Gasteiger partial charge in [0.15, 0.2) is 14.0 Å². The molecule has 37 heavy (non-hydrogen) atoms. The van der Waals surface area contributed by atoms with Crippen molar-refractivity contribution in [3.05, 3.63) is 94.8 Å². The molecule has 0 saturated heterocycles. The number of aromatic nitrogens is 2. The summed E-state index contributed by atoms with van der Waals surface area (Å²) in [6.07, 6.45) is 7.30. The molecule has 2 aromatic carbocycles. The Bertz CT molecular complexity index is 1490. The summed E-state index contributed by atoms with van der Waals surface area (Å²) in [4.78, 5) is 4.67. The lowest BCUT2D eigenvalue weighted by Gasteiger charge is -2.44. The Morgan fingerprint density at radius 1 is 1.14 bits per heavy atom. The van der Waals surface area contributed by atoms with E-state index in [9.17, 15) is 18.6 Å². The monoisotopic (exact) mass is 561 g/mol. The van der Waals surface area contributed by atoms with Crippen LogP contribution in [0.15, 0.2) is 73.0 Å². The van der Waals surface area contributed by atoms with Crippen molar-refractivity contribution in [1.29, 1.82) is 0 Å². The number of nitrogens with two attached hydrogens (primary N) is 1. The molecule has 0 amide bonds. The minimum Gasteiger partial charge on any atom is -0.393 e. The van der Waals surface area contributed by atoms with E-state index < -0.39 is 31.8 Å². The Balaban J connectivity index is 2.08. The molecule has 196 valence electrons. The Kier molecular flexibility index (Phi) is 7.22. The van der Waals surface area contributed by atoms with Crippen molar-refractivity contribution in [3.8, 4) is 11.4 Å². The van der Waals surface area contributed by atoms with E-state index in [4.69, 9.17) is 28.9 Å². The maximum Gasteiger partial charge on any atom is 0.193 e. The number of benzene rings is 2. The highest BCUT2D eigenvalue weighted by atomic mass is 35.5. The molecule has 1 heterocycles. The largest absolute Gasteiger partial charge is 0.393 e. The van der Waals surface area contributed by atoms with E-state index in [0.29, 0.717) is 21.7 Å². The van der Waals surface area contributed by atoms with Crippen LogP contribution in [0.3, 0.4) is 0 Å². The molecule has 0 aliphatic heterocycles. The first kappa shape index (κ1) is 27.6. The fourth-order valence-electron chi connectivity index (χ4n) is 4.58. The Labute approximate surface area is 226 Å². The van der Waals surface area contributed by atoms with E-state index in [0.717, 1.165) is 11.8 Å². The van der Waals surface area contributed by atoms with Crippen LogP contribution in [0.2, 0.25) is 5.02 Å². The predicted molar refractivity (Wildman–Crippen MR) is 148 cm³/mol. The van der Waals surface area contributed by atoms with Crippen LogP contribution >= 0.6 is 23.2 Å². The molecule has 0 saturated carbocycles. The number of rotatable bonds is 7. The van der Waals surface area contributed by atoms with Crippen LogP contribution in [0, 0.1) is 0 Å². The van der Waals surface area contributed by atoms with Gasteiger partial charge < -0.3 is 20.5 Å². The number of allylic oxidation sites excluding steroid dienone is 2. The molecule has 4 rings (SSSR count). The lowest BCUT2D eigenvalue weighted by Crippen LogP contribution is -2.57. The van der Waals surface area contributed by atoms with Gasteiger partial charge >= 0.3 is 0 Å². The van der Waals surface area contributed by atoms with Crippen molar-refractivity contribution in [2.75, 3.05) is 12.9 Å². The third kappa shape index (κ3) is 4.56. The summed E-state index contributed by atoms with van der Waals surface area (Å²) in [6, 6.07) is 14.4. The zero-order valence-corrected chi connectivity index (χ0v) is 23.0. The highest BCUT2D eigenvalue weighted by Crippen LogP contribution is 2.49. The van der Waals surface area contributed by atoms with Gasteiger partial charge in [0.05, 0.1) is 12.3 Å². The van der Waals surface area contributed by atoms with Crippen LogP contribution in [0.4, 0.5) is 0 Å². The molecule has 4 N–H and O–H groups in total. The van der Waals surface area contributed by atoms with Gasteiger partial charge in [-0.25, -0.2) is 13.4 Å². The van der Waals surface area contributed by atoms with E-state index in [1.165, 1.54) is 16.8 Å². The minimum absolute atomic E-state index is 0.0812. The first-order valence-corrected chi connectivity index (χ1v) is 14.2. The number of hydrogen-bond donors (Lipinski definition) is 3. The second kappa shape index (κ2) is 9.69. The normalized spacial score (nSPS) is 22.2. The minimum atomic E-state index is -4.07. The highest BCUT2D eigenvalue weighted by Gasteiger charge is 2.58. The number of nitrogens with zero attached hydrogens (tertiary/aromatic N) is 2. The lowest BCUT2D eigenvalue weighted by atomic mass is 9.85. The summed E-state index contributed by atoms with van der Waals surface area (Å²) in [6.45, 7) is 2.51. The van der Waals surface area contributed by atoms with Crippen molar-refractivity contribution >= 4 is 38.6 Å². The van der Waals surface area contributed by atoms with Gasteiger partial charge in [-0.2, -0.15) is 0 Å². The second-order valence-corrected chi connectivity index (χ2v) is 13.1. The van der Waals surface area contributed by atoms with Crippen molar-refractivity contribution in [2.24, 2.45) is 5.73 Å². The second-order valence-electron chi connectivity index (χ2n) is 9.65. The van der Waals surface area contributed by atoms with E-state index in [-0.39, 0.29) is 18.1 Å². The number of hydrogen-bond acceptors (Lipinski definition) is 6. The van der Waals surface area contributed by atoms with E-state index in [1.54, 1.807) is 44.2 Å². The van der Waals surface area contributed by atoms with Gasteiger partial charge in [-0.05, 0) is 42.7 Å². The van der Waals surface area contributed by atoms with Gasteiger partial charge in [-0.1, -0.05) is 77.8 Å². The van der Waals surface area contributed by atoms with Gasteiger partial charge in [-0.3, -0.25) is 0 Å². The zero-order valence-electron chi connectivity index (χ0n) is 20.7. The number of alkyl halides is 1. The summed E-state index contributed by atoms with van der Waals surface area (Å²) in [7, 11) is -4.07. The third-order valence-electron chi connectivity index (χ3n) is 6.68. The Morgan fingerprint density at radius 2 is 1.81 bits per heavy atom. The van der Waals surface area contributed by atoms with E-state index in [2.05, 4.69) is 4.98 Å². The molecule has 0 spiro atoms. The third-order valence-corrected chi connectivity index (χ3v) is 9.87. The maximum atomic E-state index is 13.4. The molecule has 1 aliphatic carbocycles. The number of sulfone groups is 1. The fourth-order valence-corrected chi connectivity index (χ4v) is 6.38. The molecule has 1 aliphatic rings. The number of aliphatic hydroxyl groups excluding tert-OH is 1. The molecule has 1 aromatic heterocycles. The highest BCUT2D eigenvalue weighted by molar-refractivity contribution is 7.93. The van der Waals surface area contributed by atoms with Crippen LogP contribution in [-0.4, -0.2) is 45.3 Å². The molecule has 10 heteroatoms. The average molecular weight is 563 g/mol. The first-order valence-electron chi connectivity index (χ1n) is 11.6. The van der Waals surface area contributed by atoms with Gasteiger partial charge in [0.2, 0.25) is 0 Å². The van der Waals surface area contributed by atoms with Crippen molar-refractivity contribution in [2.45, 2.75) is 35.7 Å². The van der Waals surface area contributed by atoms with Crippen molar-refractivity contribution < 1.29 is 18.6 Å². The molecular weight excluding hydrogens is 533 g/mol. The molecule has 3 aromatic rings. The summed E-state index contributed by atoms with van der Waals surface area (Å²) in [5.74, 6) is 0.254. The van der Waals surface area contributed by atoms with Gasteiger partial charge in [0.1, 0.15) is 17.0 Å². The quantitative estimate of drug-likeness (QED) is 0.372. The molecule has 0 bridgehead atoms. The first-order chi connectivity index (χ1) is 17.3. The Morgan fingerprint density at radius 3 is 2.38 bits per heavy atom. The maximum absolute atomic E-state index is 13.4. The zero-order chi connectivity index (χ0) is 27.2. The SMILES string of the molecule is CC(C)(O)c1cn(C2(CO)C=CC(c3ccccc3)=CC2(Cl)S(C)(=O)=O)c(-c2cccc(Cl)c2CN)n1. The predicted octanol–water partition coefficient (Wildman–Crippen LogP) is 4.21. The van der Waals surface area contributed by atoms with Gasteiger partial charge in [0.25, 0.3) is 0 Å². The van der Waals surface area contributed by atoms with E-state index >= 15 is 0 Å². The summed E-state index contributed by atoms with van der Waals surface area (Å²) < 4.78 is 26.2. The van der Waals surface area contributed by atoms with Crippen molar-refractivity contribution in [1.82, 2.24) is 9.55 Å². The average Bonchev–Trinajstić information content (AvgIpc) is 3.30. The van der Waals surface area contributed by atoms with Crippen LogP contribution < -0.4 is 5.73 Å².